The molecule has 1 aliphatic rings. The SMILES string of the molecule is C=CC(/C=C/C1=CCC(N(c2ccccc2)c2ccccc2)C=C1)=C\C=C\c1ccc(/C=C/c2ccc(N(c3ccccc3)c3ccccc3C)cc2)cc1. The van der Waals surface area contributed by atoms with E-state index in [2.05, 4.69) is 248 Å². The highest BCUT2D eigenvalue weighted by molar-refractivity contribution is 5.79. The number of aryl methyl sites for hydroxylation is 1. The minimum Gasteiger partial charge on any atom is -0.334 e. The number of para-hydroxylation sites is 4. The summed E-state index contributed by atoms with van der Waals surface area (Å²) in [5.41, 5.74) is 12.8. The highest BCUT2D eigenvalue weighted by atomic mass is 15.2. The molecule has 268 valence electrons. The molecule has 0 fully saturated rings. The van der Waals surface area contributed by atoms with E-state index < -0.39 is 0 Å². The molecule has 0 aromatic heterocycles. The Hall–Kier alpha value is -6.90. The van der Waals surface area contributed by atoms with E-state index in [4.69, 9.17) is 0 Å². The van der Waals surface area contributed by atoms with Crippen molar-refractivity contribution < 1.29 is 0 Å². The van der Waals surface area contributed by atoms with Crippen LogP contribution in [0.3, 0.4) is 0 Å². The molecular weight excluding hydrogens is 665 g/mol. The molecule has 0 spiro atoms. The second-order valence-corrected chi connectivity index (χ2v) is 13.5. The summed E-state index contributed by atoms with van der Waals surface area (Å²) in [7, 11) is 0. The number of allylic oxidation sites excluding steroid dienone is 8. The molecular formula is C53H46N2. The molecule has 0 N–H and O–H groups in total. The maximum atomic E-state index is 4.05. The van der Waals surface area contributed by atoms with Crippen LogP contribution in [-0.2, 0) is 0 Å². The van der Waals surface area contributed by atoms with Gasteiger partial charge in [0.15, 0.2) is 0 Å². The van der Waals surface area contributed by atoms with E-state index in [1.807, 2.05) is 6.08 Å². The predicted octanol–water partition coefficient (Wildman–Crippen LogP) is 14.4. The van der Waals surface area contributed by atoms with E-state index >= 15 is 0 Å². The highest BCUT2D eigenvalue weighted by Crippen LogP contribution is 2.36. The summed E-state index contributed by atoms with van der Waals surface area (Å²) < 4.78 is 0. The van der Waals surface area contributed by atoms with Gasteiger partial charge in [-0.05, 0) is 101 Å². The first-order valence-corrected chi connectivity index (χ1v) is 18.9. The van der Waals surface area contributed by atoms with Crippen LogP contribution in [0.2, 0.25) is 0 Å². The average Bonchev–Trinajstić information content (AvgIpc) is 3.25. The zero-order chi connectivity index (χ0) is 37.7. The van der Waals surface area contributed by atoms with Gasteiger partial charge in [-0.1, -0.05) is 183 Å². The lowest BCUT2D eigenvalue weighted by atomic mass is 9.99. The van der Waals surface area contributed by atoms with Gasteiger partial charge in [0.2, 0.25) is 0 Å². The Morgan fingerprint density at radius 1 is 0.564 bits per heavy atom. The van der Waals surface area contributed by atoms with Crippen molar-refractivity contribution in [3.05, 3.63) is 252 Å². The van der Waals surface area contributed by atoms with Crippen LogP contribution in [-0.4, -0.2) is 6.04 Å². The molecule has 1 atom stereocenters. The fraction of sp³-hybridized carbons (Fsp3) is 0.0566. The number of hydrogen-bond donors (Lipinski definition) is 0. The Labute approximate surface area is 327 Å². The lowest BCUT2D eigenvalue weighted by Gasteiger charge is -2.33. The molecule has 0 amide bonds. The van der Waals surface area contributed by atoms with Gasteiger partial charge in [-0.3, -0.25) is 0 Å². The van der Waals surface area contributed by atoms with Crippen LogP contribution in [0, 0.1) is 6.92 Å². The van der Waals surface area contributed by atoms with Gasteiger partial charge in [0.1, 0.15) is 0 Å². The first kappa shape index (κ1) is 36.5. The van der Waals surface area contributed by atoms with Crippen molar-refractivity contribution in [1.82, 2.24) is 0 Å². The van der Waals surface area contributed by atoms with E-state index in [1.54, 1.807) is 0 Å². The first-order valence-electron chi connectivity index (χ1n) is 18.9. The Morgan fingerprint density at radius 3 is 1.62 bits per heavy atom. The van der Waals surface area contributed by atoms with E-state index in [9.17, 15) is 0 Å². The maximum absolute atomic E-state index is 4.05. The lowest BCUT2D eigenvalue weighted by Crippen LogP contribution is -2.30. The molecule has 6 aromatic carbocycles. The summed E-state index contributed by atoms with van der Waals surface area (Å²) in [6.45, 7) is 6.21. The summed E-state index contributed by atoms with van der Waals surface area (Å²) in [5.74, 6) is 0. The third-order valence-electron chi connectivity index (χ3n) is 9.71. The third-order valence-corrected chi connectivity index (χ3v) is 9.71. The average molecular weight is 711 g/mol. The van der Waals surface area contributed by atoms with E-state index in [1.165, 1.54) is 28.2 Å². The monoisotopic (exact) mass is 710 g/mol. The largest absolute Gasteiger partial charge is 0.334 e. The van der Waals surface area contributed by atoms with Crippen molar-refractivity contribution in [2.75, 3.05) is 9.80 Å². The summed E-state index contributed by atoms with van der Waals surface area (Å²) in [6.07, 6.45) is 24.6. The summed E-state index contributed by atoms with van der Waals surface area (Å²) >= 11 is 0. The quantitative estimate of drug-likeness (QED) is 0.0870. The molecule has 1 aliphatic carbocycles. The Bertz CT molecular complexity index is 2300. The maximum Gasteiger partial charge on any atom is 0.0560 e. The second kappa shape index (κ2) is 18.2. The van der Waals surface area contributed by atoms with Crippen molar-refractivity contribution in [2.45, 2.75) is 19.4 Å². The minimum atomic E-state index is 0.244. The standard InChI is InChI=1S/C53H46N2/c1-3-43(26-27-46-34-38-51(39-35-46)54(48-19-7-4-8-20-48)49-21-9-5-10-22-49)17-15-18-44-28-30-45(31-29-44)32-33-47-36-40-52(41-37-47)55(50-23-11-6-12-24-50)53-25-14-13-16-42(53)2/h3-38,40-41,51H,1,39H2,2H3/b18-15+,27-26+,33-32+,43-17+. The number of rotatable bonds is 13. The Morgan fingerprint density at radius 2 is 1.07 bits per heavy atom. The van der Waals surface area contributed by atoms with E-state index in [-0.39, 0.29) is 6.04 Å². The van der Waals surface area contributed by atoms with Crippen LogP contribution in [0.25, 0.3) is 18.2 Å². The van der Waals surface area contributed by atoms with E-state index in [0.29, 0.717) is 0 Å². The number of benzene rings is 6. The second-order valence-electron chi connectivity index (χ2n) is 13.5. The number of anilines is 5. The fourth-order valence-corrected chi connectivity index (χ4v) is 6.77. The first-order chi connectivity index (χ1) is 27.1. The van der Waals surface area contributed by atoms with Crippen molar-refractivity contribution in [2.24, 2.45) is 0 Å². The molecule has 0 saturated heterocycles. The fourth-order valence-electron chi connectivity index (χ4n) is 6.77. The molecule has 0 heterocycles. The van der Waals surface area contributed by atoms with Crippen LogP contribution >= 0.6 is 0 Å². The van der Waals surface area contributed by atoms with Gasteiger partial charge in [0.05, 0.1) is 6.04 Å². The minimum absolute atomic E-state index is 0.244. The summed E-state index contributed by atoms with van der Waals surface area (Å²) in [4.78, 5) is 4.72. The van der Waals surface area contributed by atoms with Crippen molar-refractivity contribution in [1.29, 1.82) is 0 Å². The molecule has 6 aromatic rings. The smallest absolute Gasteiger partial charge is 0.0560 e. The van der Waals surface area contributed by atoms with Gasteiger partial charge in [0.25, 0.3) is 0 Å². The number of nitrogens with zero attached hydrogens (tertiary/aromatic N) is 2. The van der Waals surface area contributed by atoms with Gasteiger partial charge in [-0.2, -0.15) is 0 Å². The zero-order valence-electron chi connectivity index (χ0n) is 31.3. The van der Waals surface area contributed by atoms with Crippen LogP contribution in [0.4, 0.5) is 28.4 Å². The molecule has 0 bridgehead atoms. The Balaban J connectivity index is 0.954. The molecule has 0 saturated carbocycles. The predicted molar refractivity (Wildman–Crippen MR) is 238 cm³/mol. The normalized spacial score (nSPS) is 14.4. The molecule has 0 aliphatic heterocycles. The lowest BCUT2D eigenvalue weighted by molar-refractivity contribution is 0.781. The molecule has 2 nitrogen and oxygen atoms in total. The van der Waals surface area contributed by atoms with Crippen LogP contribution in [0.15, 0.2) is 230 Å². The van der Waals surface area contributed by atoms with Gasteiger partial charge < -0.3 is 9.80 Å². The third kappa shape index (κ3) is 9.56. The topological polar surface area (TPSA) is 6.48 Å². The van der Waals surface area contributed by atoms with Crippen molar-refractivity contribution >= 4 is 46.7 Å². The Kier molecular flexibility index (Phi) is 12.1. The van der Waals surface area contributed by atoms with Gasteiger partial charge in [0, 0.05) is 28.4 Å². The molecule has 55 heavy (non-hydrogen) atoms. The van der Waals surface area contributed by atoms with Gasteiger partial charge in [-0.25, -0.2) is 0 Å². The van der Waals surface area contributed by atoms with Crippen molar-refractivity contribution in [3.63, 3.8) is 0 Å². The molecule has 0 radical (unpaired) electrons. The molecule has 1 unspecified atom stereocenters. The van der Waals surface area contributed by atoms with Gasteiger partial charge >= 0.3 is 0 Å². The summed E-state index contributed by atoms with van der Waals surface area (Å²) in [5, 5.41) is 0. The van der Waals surface area contributed by atoms with Crippen LogP contribution in [0.1, 0.15) is 28.7 Å². The zero-order valence-corrected chi connectivity index (χ0v) is 31.3. The van der Waals surface area contributed by atoms with Crippen LogP contribution in [0.5, 0.6) is 0 Å². The molecule has 2 heteroatoms. The van der Waals surface area contributed by atoms with Gasteiger partial charge in [-0.15, -0.1) is 0 Å². The summed E-state index contributed by atoms with van der Waals surface area (Å²) in [6, 6.07) is 57.9. The van der Waals surface area contributed by atoms with Crippen molar-refractivity contribution in [3.8, 4) is 0 Å². The molecule has 7 rings (SSSR count). The van der Waals surface area contributed by atoms with Crippen LogP contribution < -0.4 is 9.80 Å². The highest BCUT2D eigenvalue weighted by Gasteiger charge is 2.19. The number of hydrogen-bond acceptors (Lipinski definition) is 2. The van der Waals surface area contributed by atoms with E-state index in [0.717, 1.165) is 40.1 Å².